The van der Waals surface area contributed by atoms with E-state index in [1.807, 2.05) is 0 Å². The molecule has 1 fully saturated rings. The van der Waals surface area contributed by atoms with Crippen LogP contribution < -0.4 is 10.1 Å². The van der Waals surface area contributed by atoms with Gasteiger partial charge in [-0.15, -0.1) is 0 Å². The molecule has 1 heterocycles. The van der Waals surface area contributed by atoms with Gasteiger partial charge in [0.1, 0.15) is 5.75 Å². The Balaban J connectivity index is 1.62. The minimum Gasteiger partial charge on any atom is -0.504 e. The number of hydrogen-bond donors (Lipinski definition) is 4. The van der Waals surface area contributed by atoms with E-state index in [0.29, 0.717) is 18.6 Å². The van der Waals surface area contributed by atoms with E-state index in [0.717, 1.165) is 12.1 Å². The number of sulfonamides is 1. The zero-order valence-corrected chi connectivity index (χ0v) is 16.5. The van der Waals surface area contributed by atoms with Gasteiger partial charge in [-0.2, -0.15) is 4.31 Å². The minimum absolute atomic E-state index is 0.00826. The largest absolute Gasteiger partial charge is 0.504 e. The van der Waals surface area contributed by atoms with Crippen LogP contribution in [-0.2, 0) is 10.0 Å². The van der Waals surface area contributed by atoms with Gasteiger partial charge in [-0.3, -0.25) is 4.79 Å². The predicted molar refractivity (Wildman–Crippen MR) is 104 cm³/mol. The summed E-state index contributed by atoms with van der Waals surface area (Å²) in [6, 6.07) is 7.99. The highest BCUT2D eigenvalue weighted by Gasteiger charge is 2.30. The number of nitrogens with one attached hydrogen (secondary N) is 1. The molecule has 0 atom stereocenters. The van der Waals surface area contributed by atoms with Crippen LogP contribution in [0.15, 0.2) is 41.3 Å². The Kier molecular flexibility index (Phi) is 5.85. The van der Waals surface area contributed by atoms with Gasteiger partial charge in [-0.25, -0.2) is 8.42 Å². The fourth-order valence-electron chi connectivity index (χ4n) is 3.14. The van der Waals surface area contributed by atoms with Gasteiger partial charge in [0.15, 0.2) is 17.2 Å². The van der Waals surface area contributed by atoms with E-state index >= 15 is 0 Å². The van der Waals surface area contributed by atoms with Gasteiger partial charge >= 0.3 is 0 Å². The molecule has 2 aromatic carbocycles. The summed E-state index contributed by atoms with van der Waals surface area (Å²) in [4.78, 5) is 12.5. The molecule has 0 unspecified atom stereocenters. The molecular weight excluding hydrogens is 400 g/mol. The number of rotatable bonds is 5. The second kappa shape index (κ2) is 8.18. The number of piperidine rings is 1. The third kappa shape index (κ3) is 4.38. The number of benzene rings is 2. The lowest BCUT2D eigenvalue weighted by atomic mass is 10.1. The maximum absolute atomic E-state index is 12.8. The summed E-state index contributed by atoms with van der Waals surface area (Å²) in [7, 11) is -2.13. The highest BCUT2D eigenvalue weighted by atomic mass is 32.2. The molecule has 3 rings (SSSR count). The lowest BCUT2D eigenvalue weighted by molar-refractivity contribution is 0.0923. The predicted octanol–water partition coefficient (Wildman–Crippen LogP) is 1.40. The van der Waals surface area contributed by atoms with Crippen LogP contribution in [0.5, 0.6) is 23.0 Å². The molecule has 1 amide bonds. The number of carbonyl (C=O) groups excluding carboxylic acids is 1. The third-order valence-corrected chi connectivity index (χ3v) is 6.73. The Labute approximate surface area is 168 Å². The van der Waals surface area contributed by atoms with E-state index < -0.39 is 33.2 Å². The number of nitrogens with zero attached hydrogens (tertiary/aromatic N) is 1. The molecule has 2 aromatic rings. The highest BCUT2D eigenvalue weighted by Crippen LogP contribution is 2.35. The average molecular weight is 422 g/mol. The van der Waals surface area contributed by atoms with Crippen LogP contribution in [0.25, 0.3) is 0 Å². The number of ether oxygens (including phenoxy) is 1. The maximum atomic E-state index is 12.8. The minimum atomic E-state index is -3.64. The molecule has 0 aliphatic carbocycles. The summed E-state index contributed by atoms with van der Waals surface area (Å²) in [6.45, 7) is 0.483. The zero-order valence-electron chi connectivity index (χ0n) is 15.7. The highest BCUT2D eigenvalue weighted by molar-refractivity contribution is 7.89. The first kappa shape index (κ1) is 20.7. The van der Waals surface area contributed by atoms with Gasteiger partial charge in [-0.05, 0) is 49.2 Å². The molecule has 1 saturated heterocycles. The molecule has 1 aliphatic rings. The molecule has 0 bridgehead atoms. The molecule has 0 spiro atoms. The van der Waals surface area contributed by atoms with Gasteiger partial charge in [-0.1, -0.05) is 0 Å². The van der Waals surface area contributed by atoms with Crippen LogP contribution in [0, 0.1) is 0 Å². The van der Waals surface area contributed by atoms with Crippen LogP contribution in [-0.4, -0.2) is 60.2 Å². The second-order valence-corrected chi connectivity index (χ2v) is 8.63. The summed E-state index contributed by atoms with van der Waals surface area (Å²) < 4.78 is 31.9. The topological polar surface area (TPSA) is 136 Å². The van der Waals surface area contributed by atoms with Crippen LogP contribution >= 0.6 is 0 Å². The number of methoxy groups -OCH3 is 1. The van der Waals surface area contributed by atoms with Gasteiger partial charge < -0.3 is 25.4 Å². The SMILES string of the molecule is COc1ccc(S(=O)(=O)N2CCC(NC(=O)c3cc(O)c(O)c(O)c3)CC2)cc1. The first-order valence-corrected chi connectivity index (χ1v) is 10.4. The second-order valence-electron chi connectivity index (χ2n) is 6.69. The van der Waals surface area contributed by atoms with E-state index in [-0.39, 0.29) is 29.6 Å². The van der Waals surface area contributed by atoms with Crippen molar-refractivity contribution in [2.75, 3.05) is 20.2 Å². The summed E-state index contributed by atoms with van der Waals surface area (Å²) in [6.07, 6.45) is 0.828. The Morgan fingerprint density at radius 1 is 1.07 bits per heavy atom. The molecule has 0 saturated carbocycles. The number of phenols is 3. The number of amides is 1. The van der Waals surface area contributed by atoms with Crippen molar-refractivity contribution in [1.82, 2.24) is 9.62 Å². The van der Waals surface area contributed by atoms with E-state index in [1.54, 1.807) is 12.1 Å². The van der Waals surface area contributed by atoms with E-state index in [2.05, 4.69) is 5.32 Å². The summed E-state index contributed by atoms with van der Waals surface area (Å²) >= 11 is 0. The van der Waals surface area contributed by atoms with Crippen LogP contribution in [0.1, 0.15) is 23.2 Å². The lowest BCUT2D eigenvalue weighted by Crippen LogP contribution is -2.46. The van der Waals surface area contributed by atoms with Crippen molar-refractivity contribution in [3.63, 3.8) is 0 Å². The van der Waals surface area contributed by atoms with E-state index in [1.165, 1.54) is 23.5 Å². The smallest absolute Gasteiger partial charge is 0.251 e. The first-order chi connectivity index (χ1) is 13.7. The maximum Gasteiger partial charge on any atom is 0.251 e. The quantitative estimate of drug-likeness (QED) is 0.535. The monoisotopic (exact) mass is 422 g/mol. The molecule has 10 heteroatoms. The van der Waals surface area contributed by atoms with Gasteiger partial charge in [0.25, 0.3) is 5.91 Å². The Bertz CT molecular complexity index is 975. The fraction of sp³-hybridized carbons (Fsp3) is 0.316. The molecule has 156 valence electrons. The van der Waals surface area contributed by atoms with E-state index in [4.69, 9.17) is 4.74 Å². The van der Waals surface area contributed by atoms with Crippen molar-refractivity contribution in [3.05, 3.63) is 42.0 Å². The first-order valence-electron chi connectivity index (χ1n) is 8.92. The number of aromatic hydroxyl groups is 3. The third-order valence-electron chi connectivity index (χ3n) is 4.82. The molecular formula is C19H22N2O7S. The van der Waals surface area contributed by atoms with Crippen LogP contribution in [0.4, 0.5) is 0 Å². The zero-order chi connectivity index (χ0) is 21.2. The molecule has 0 radical (unpaired) electrons. The van der Waals surface area contributed by atoms with Crippen LogP contribution in [0.2, 0.25) is 0 Å². The number of hydrogen-bond acceptors (Lipinski definition) is 7. The number of phenolic OH excluding ortho intramolecular Hbond substituents is 3. The van der Waals surface area contributed by atoms with Gasteiger partial charge in [0.05, 0.1) is 12.0 Å². The van der Waals surface area contributed by atoms with E-state index in [9.17, 15) is 28.5 Å². The van der Waals surface area contributed by atoms with Crippen molar-refractivity contribution in [3.8, 4) is 23.0 Å². The summed E-state index contributed by atoms with van der Waals surface area (Å²) in [5, 5.41) is 31.2. The Hall–Kier alpha value is -2.98. The van der Waals surface area contributed by atoms with Crippen molar-refractivity contribution in [2.24, 2.45) is 0 Å². The lowest BCUT2D eigenvalue weighted by Gasteiger charge is -2.31. The van der Waals surface area contributed by atoms with Crippen molar-refractivity contribution in [2.45, 2.75) is 23.8 Å². The fourth-order valence-corrected chi connectivity index (χ4v) is 4.61. The molecule has 4 N–H and O–H groups in total. The summed E-state index contributed by atoms with van der Waals surface area (Å²) in [5.74, 6) is -1.87. The Morgan fingerprint density at radius 2 is 1.62 bits per heavy atom. The average Bonchev–Trinajstić information content (AvgIpc) is 2.72. The molecule has 9 nitrogen and oxygen atoms in total. The standard InChI is InChI=1S/C19H22N2O7S/c1-28-14-2-4-15(5-3-14)29(26,27)21-8-6-13(7-9-21)20-19(25)12-10-16(22)18(24)17(23)11-12/h2-5,10-11,13,22-24H,6-9H2,1H3,(H,20,25). The Morgan fingerprint density at radius 3 is 2.14 bits per heavy atom. The van der Waals surface area contributed by atoms with Crippen molar-refractivity contribution < 1.29 is 33.3 Å². The molecule has 1 aliphatic heterocycles. The van der Waals surface area contributed by atoms with Gasteiger partial charge in [0.2, 0.25) is 10.0 Å². The summed E-state index contributed by atoms with van der Waals surface area (Å²) in [5.41, 5.74) is -0.00826. The normalized spacial score (nSPS) is 15.8. The molecule has 0 aromatic heterocycles. The molecule has 29 heavy (non-hydrogen) atoms. The number of carbonyl (C=O) groups is 1. The van der Waals surface area contributed by atoms with Crippen molar-refractivity contribution >= 4 is 15.9 Å². The van der Waals surface area contributed by atoms with Crippen molar-refractivity contribution in [1.29, 1.82) is 0 Å². The van der Waals surface area contributed by atoms with Crippen LogP contribution in [0.3, 0.4) is 0 Å². The van der Waals surface area contributed by atoms with Gasteiger partial charge in [0, 0.05) is 24.7 Å².